The van der Waals surface area contributed by atoms with E-state index in [-0.39, 0.29) is 11.9 Å². The van der Waals surface area contributed by atoms with Crippen LogP contribution in [-0.2, 0) is 0 Å². The van der Waals surface area contributed by atoms with E-state index in [4.69, 9.17) is 4.74 Å². The minimum absolute atomic E-state index is 0.00195. The lowest BCUT2D eigenvalue weighted by molar-refractivity contribution is 0.0531. The molecule has 1 amide bonds. The minimum Gasteiger partial charge on any atom is -0.496 e. The lowest BCUT2D eigenvalue weighted by Gasteiger charge is -2.38. The lowest BCUT2D eigenvalue weighted by atomic mass is 10.1. The molecule has 1 aromatic carbocycles. The molecule has 2 heterocycles. The summed E-state index contributed by atoms with van der Waals surface area (Å²) < 4.78 is 5.30. The number of rotatable bonds is 3. The first-order valence-corrected chi connectivity index (χ1v) is 7.32. The van der Waals surface area contributed by atoms with Crippen LogP contribution in [0.4, 0.5) is 0 Å². The third kappa shape index (κ3) is 2.69. The monoisotopic (exact) mass is 300 g/mol. The highest BCUT2D eigenvalue weighted by atomic mass is 16.5. The van der Waals surface area contributed by atoms with Gasteiger partial charge < -0.3 is 14.6 Å². The standard InChI is InChI=1S/C16H20N4O2/c1-19-9-10-20(11-13(19)15-17-7-8-18-15)16(21)12-5-3-4-6-14(12)22-2/h3-8,13H,9-11H2,1-2H3,(H,17,18)/t13-/m1/s1. The first-order valence-electron chi connectivity index (χ1n) is 7.32. The van der Waals surface area contributed by atoms with Crippen molar-refractivity contribution in [1.29, 1.82) is 0 Å². The van der Waals surface area contributed by atoms with Gasteiger partial charge in [0.15, 0.2) is 0 Å². The number of aromatic amines is 1. The summed E-state index contributed by atoms with van der Waals surface area (Å²) in [5.41, 5.74) is 0.604. The molecule has 0 spiro atoms. The number of nitrogens with zero attached hydrogens (tertiary/aromatic N) is 3. The third-order valence-electron chi connectivity index (χ3n) is 4.11. The van der Waals surface area contributed by atoms with Gasteiger partial charge >= 0.3 is 0 Å². The summed E-state index contributed by atoms with van der Waals surface area (Å²) in [5, 5.41) is 0. The molecular formula is C16H20N4O2. The molecule has 1 fully saturated rings. The van der Waals surface area contributed by atoms with Gasteiger partial charge in [-0.15, -0.1) is 0 Å². The Labute approximate surface area is 129 Å². The van der Waals surface area contributed by atoms with Crippen molar-refractivity contribution in [2.45, 2.75) is 6.04 Å². The summed E-state index contributed by atoms with van der Waals surface area (Å²) in [6.07, 6.45) is 3.55. The number of nitrogens with one attached hydrogen (secondary N) is 1. The van der Waals surface area contributed by atoms with E-state index in [1.807, 2.05) is 29.3 Å². The van der Waals surface area contributed by atoms with Gasteiger partial charge in [0.2, 0.25) is 0 Å². The number of hydrogen-bond acceptors (Lipinski definition) is 4. The Bertz CT molecular complexity index is 641. The Morgan fingerprint density at radius 1 is 1.36 bits per heavy atom. The van der Waals surface area contributed by atoms with Crippen molar-refractivity contribution in [3.63, 3.8) is 0 Å². The van der Waals surface area contributed by atoms with Gasteiger partial charge in [0.1, 0.15) is 11.6 Å². The lowest BCUT2D eigenvalue weighted by Crippen LogP contribution is -2.49. The van der Waals surface area contributed by atoms with Crippen LogP contribution < -0.4 is 4.74 Å². The molecule has 0 saturated carbocycles. The molecule has 0 unspecified atom stereocenters. The van der Waals surface area contributed by atoms with Crippen molar-refractivity contribution >= 4 is 5.91 Å². The maximum atomic E-state index is 12.8. The number of carbonyl (C=O) groups is 1. The van der Waals surface area contributed by atoms with E-state index in [9.17, 15) is 4.79 Å². The second kappa shape index (κ2) is 6.19. The van der Waals surface area contributed by atoms with Gasteiger partial charge in [-0.05, 0) is 19.2 Å². The van der Waals surface area contributed by atoms with E-state index in [0.717, 1.165) is 12.4 Å². The molecule has 116 valence electrons. The Morgan fingerprint density at radius 3 is 2.91 bits per heavy atom. The van der Waals surface area contributed by atoms with Crippen molar-refractivity contribution < 1.29 is 9.53 Å². The number of amides is 1. The van der Waals surface area contributed by atoms with Crippen molar-refractivity contribution in [3.05, 3.63) is 48.0 Å². The van der Waals surface area contributed by atoms with Crippen LogP contribution in [0.25, 0.3) is 0 Å². The van der Waals surface area contributed by atoms with Crippen LogP contribution in [0.3, 0.4) is 0 Å². The quantitative estimate of drug-likeness (QED) is 0.934. The number of piperazine rings is 1. The molecule has 6 nitrogen and oxygen atoms in total. The molecule has 0 aliphatic carbocycles. The second-order valence-corrected chi connectivity index (χ2v) is 5.42. The fourth-order valence-electron chi connectivity index (χ4n) is 2.80. The Kier molecular flexibility index (Phi) is 4.11. The zero-order chi connectivity index (χ0) is 15.5. The zero-order valence-electron chi connectivity index (χ0n) is 12.8. The molecule has 0 radical (unpaired) electrons. The van der Waals surface area contributed by atoms with Crippen LogP contribution in [0.1, 0.15) is 22.2 Å². The average Bonchev–Trinajstić information content (AvgIpc) is 3.09. The van der Waals surface area contributed by atoms with Crippen molar-refractivity contribution in [1.82, 2.24) is 19.8 Å². The predicted molar refractivity (Wildman–Crippen MR) is 82.9 cm³/mol. The largest absolute Gasteiger partial charge is 0.496 e. The summed E-state index contributed by atoms with van der Waals surface area (Å²) in [7, 11) is 3.64. The van der Waals surface area contributed by atoms with Crippen LogP contribution in [0.5, 0.6) is 5.75 Å². The van der Waals surface area contributed by atoms with Gasteiger partial charge in [-0.3, -0.25) is 9.69 Å². The van der Waals surface area contributed by atoms with Crippen molar-refractivity contribution in [2.24, 2.45) is 0 Å². The summed E-state index contributed by atoms with van der Waals surface area (Å²) >= 11 is 0. The Hall–Kier alpha value is -2.34. The third-order valence-corrected chi connectivity index (χ3v) is 4.11. The van der Waals surface area contributed by atoms with Gasteiger partial charge in [0.05, 0.1) is 18.7 Å². The number of benzene rings is 1. The fourth-order valence-corrected chi connectivity index (χ4v) is 2.80. The van der Waals surface area contributed by atoms with Crippen molar-refractivity contribution in [3.8, 4) is 5.75 Å². The van der Waals surface area contributed by atoms with E-state index in [1.54, 1.807) is 19.4 Å². The van der Waals surface area contributed by atoms with E-state index >= 15 is 0 Å². The number of carbonyl (C=O) groups excluding carboxylic acids is 1. The summed E-state index contributed by atoms with van der Waals surface area (Å²) in [6.45, 7) is 2.12. The highest BCUT2D eigenvalue weighted by Gasteiger charge is 2.31. The molecule has 1 aromatic heterocycles. The first kappa shape index (κ1) is 14.6. The van der Waals surface area contributed by atoms with E-state index in [1.165, 1.54) is 0 Å². The molecule has 22 heavy (non-hydrogen) atoms. The van der Waals surface area contributed by atoms with Gasteiger partial charge in [0, 0.05) is 32.0 Å². The number of para-hydroxylation sites is 1. The number of imidazole rings is 1. The van der Waals surface area contributed by atoms with E-state index in [0.29, 0.717) is 24.4 Å². The second-order valence-electron chi connectivity index (χ2n) is 5.42. The van der Waals surface area contributed by atoms with Crippen LogP contribution in [0.15, 0.2) is 36.7 Å². The molecule has 1 aliphatic rings. The number of aromatic nitrogens is 2. The maximum Gasteiger partial charge on any atom is 0.257 e. The topological polar surface area (TPSA) is 61.5 Å². The SMILES string of the molecule is COc1ccccc1C(=O)N1CCN(C)[C@@H](c2ncc[nH]2)C1. The van der Waals surface area contributed by atoms with E-state index < -0.39 is 0 Å². The van der Waals surface area contributed by atoms with Gasteiger partial charge in [0.25, 0.3) is 5.91 Å². The average molecular weight is 300 g/mol. The number of H-pyrrole nitrogens is 1. The number of likely N-dealkylation sites (N-methyl/N-ethyl adjacent to an activating group) is 1. The highest BCUT2D eigenvalue weighted by Crippen LogP contribution is 2.25. The fraction of sp³-hybridized carbons (Fsp3) is 0.375. The van der Waals surface area contributed by atoms with Gasteiger partial charge in [-0.2, -0.15) is 0 Å². The van der Waals surface area contributed by atoms with Crippen LogP contribution in [0, 0.1) is 0 Å². The Morgan fingerprint density at radius 2 is 2.18 bits per heavy atom. The predicted octanol–water partition coefficient (Wildman–Crippen LogP) is 1.55. The summed E-state index contributed by atoms with van der Waals surface area (Å²) in [5.74, 6) is 1.50. The van der Waals surface area contributed by atoms with Crippen LogP contribution in [-0.4, -0.2) is 59.5 Å². The number of hydrogen-bond donors (Lipinski definition) is 1. The smallest absolute Gasteiger partial charge is 0.257 e. The zero-order valence-corrected chi connectivity index (χ0v) is 12.8. The Balaban J connectivity index is 1.81. The van der Waals surface area contributed by atoms with Gasteiger partial charge in [-0.1, -0.05) is 12.1 Å². The van der Waals surface area contributed by atoms with Crippen molar-refractivity contribution in [2.75, 3.05) is 33.8 Å². The number of ether oxygens (including phenoxy) is 1. The van der Waals surface area contributed by atoms with Gasteiger partial charge in [-0.25, -0.2) is 4.98 Å². The molecule has 1 aliphatic heterocycles. The van der Waals surface area contributed by atoms with Crippen LogP contribution >= 0.6 is 0 Å². The first-order chi connectivity index (χ1) is 10.7. The number of methoxy groups -OCH3 is 1. The molecule has 1 saturated heterocycles. The molecule has 6 heteroatoms. The highest BCUT2D eigenvalue weighted by molar-refractivity contribution is 5.97. The minimum atomic E-state index is 0.00195. The normalized spacial score (nSPS) is 19.2. The molecule has 1 N–H and O–H groups in total. The molecule has 3 rings (SSSR count). The summed E-state index contributed by atoms with van der Waals surface area (Å²) in [4.78, 5) is 24.4. The molecule has 2 aromatic rings. The van der Waals surface area contributed by atoms with Crippen LogP contribution in [0.2, 0.25) is 0 Å². The molecule has 1 atom stereocenters. The summed E-state index contributed by atoms with van der Waals surface area (Å²) in [6, 6.07) is 7.43. The molecule has 0 bridgehead atoms. The van der Waals surface area contributed by atoms with E-state index in [2.05, 4.69) is 21.9 Å². The molecular weight excluding hydrogens is 280 g/mol. The maximum absolute atomic E-state index is 12.8.